The van der Waals surface area contributed by atoms with Gasteiger partial charge in [0.1, 0.15) is 0 Å². The molecule has 0 bridgehead atoms. The Morgan fingerprint density at radius 1 is 1.33 bits per heavy atom. The van der Waals surface area contributed by atoms with Crippen LogP contribution in [0, 0.1) is 6.92 Å². The fourth-order valence-corrected chi connectivity index (χ4v) is 4.20. The van der Waals surface area contributed by atoms with Crippen LogP contribution in [0.2, 0.25) is 0 Å². The zero-order valence-corrected chi connectivity index (χ0v) is 14.4. The van der Waals surface area contributed by atoms with E-state index in [-0.39, 0.29) is 20.4 Å². The van der Waals surface area contributed by atoms with Gasteiger partial charge in [-0.15, -0.1) is 0 Å². The maximum absolute atomic E-state index is 10.7. The fourth-order valence-electron chi connectivity index (χ4n) is 1.37. The molecule has 0 aliphatic carbocycles. The Bertz CT molecular complexity index is 740. The Balaban J connectivity index is 0.000000240. The van der Waals surface area contributed by atoms with Gasteiger partial charge >= 0.3 is 92.9 Å². The van der Waals surface area contributed by atoms with Crippen LogP contribution in [0.1, 0.15) is 3.71 Å². The molecule has 21 heavy (non-hydrogen) atoms. The molecule has 0 unspecified atom stereocenters. The predicted octanol–water partition coefficient (Wildman–Crippen LogP) is 1.09. The first-order chi connectivity index (χ1) is 9.47. The number of nitrogens with zero attached hydrogens (tertiary/aromatic N) is 1. The summed E-state index contributed by atoms with van der Waals surface area (Å²) in [6.07, 6.45) is 0. The number of rotatable bonds is 1. The molecule has 2 aromatic rings. The molecule has 0 N–H and O–H groups in total. The molecule has 0 aliphatic rings. The van der Waals surface area contributed by atoms with Gasteiger partial charge in [0.05, 0.1) is 0 Å². The quantitative estimate of drug-likeness (QED) is 0.289. The van der Waals surface area contributed by atoms with Gasteiger partial charge in [-0.2, -0.15) is 13.2 Å². The summed E-state index contributed by atoms with van der Waals surface area (Å²) in [4.78, 5) is 0. The molecule has 0 spiro atoms. The fraction of sp³-hybridized carbons (Fsp3) is 0.364. The molecular weight excluding hydrogens is 427 g/mol. The molecule has 1 aromatic heterocycles. The minimum absolute atomic E-state index is 0.0892. The molecular formula is C11H12F3NO4STe. The van der Waals surface area contributed by atoms with E-state index in [2.05, 4.69) is 36.7 Å². The predicted molar refractivity (Wildman–Crippen MR) is 69.1 cm³/mol. The van der Waals surface area contributed by atoms with E-state index in [1.165, 1.54) is 12.6 Å². The summed E-state index contributed by atoms with van der Waals surface area (Å²) in [7, 11) is -2.25. The zero-order valence-electron chi connectivity index (χ0n) is 11.3. The van der Waals surface area contributed by atoms with Gasteiger partial charge in [0.2, 0.25) is 0 Å². The number of fused-ring (bicyclic) bond motifs is 1. The maximum atomic E-state index is 10.7. The van der Waals surface area contributed by atoms with Crippen LogP contribution >= 0.6 is 0 Å². The number of ether oxygens (including phenoxy) is 1. The second kappa shape index (κ2) is 6.52. The molecule has 2 rings (SSSR count). The van der Waals surface area contributed by atoms with Crippen molar-refractivity contribution in [3.8, 4) is 5.75 Å². The number of methoxy groups -OCH3 is 1. The molecule has 118 valence electrons. The van der Waals surface area contributed by atoms with Crippen molar-refractivity contribution in [1.29, 1.82) is 0 Å². The Morgan fingerprint density at radius 2 is 1.86 bits per heavy atom. The van der Waals surface area contributed by atoms with E-state index in [0.717, 1.165) is 5.75 Å². The van der Waals surface area contributed by atoms with Crippen LogP contribution in [0.3, 0.4) is 0 Å². The van der Waals surface area contributed by atoms with Crippen molar-refractivity contribution in [2.75, 3.05) is 7.11 Å². The molecule has 0 aliphatic heterocycles. The van der Waals surface area contributed by atoms with Gasteiger partial charge in [0.25, 0.3) is 0 Å². The first-order valence-electron chi connectivity index (χ1n) is 5.42. The maximum Gasteiger partial charge on any atom is 0.485 e. The van der Waals surface area contributed by atoms with Gasteiger partial charge in [-0.05, 0) is 0 Å². The number of aromatic nitrogens is 1. The summed E-state index contributed by atoms with van der Waals surface area (Å²) in [5.41, 5.74) is -4.31. The third-order valence-electron chi connectivity index (χ3n) is 2.54. The van der Waals surface area contributed by atoms with Crippen molar-refractivity contribution in [1.82, 2.24) is 0 Å². The number of hydrogen-bond acceptors (Lipinski definition) is 4. The molecule has 1 heterocycles. The van der Waals surface area contributed by atoms with Gasteiger partial charge in [-0.25, -0.2) is 8.42 Å². The Morgan fingerprint density at radius 3 is 2.29 bits per heavy atom. The molecule has 0 saturated carbocycles. The average Bonchev–Trinajstić information content (AvgIpc) is 2.63. The molecule has 10 heteroatoms. The van der Waals surface area contributed by atoms with E-state index >= 15 is 0 Å². The summed E-state index contributed by atoms with van der Waals surface area (Å²) in [6, 6.07) is 6.37. The number of hydrogen-bond donors (Lipinski definition) is 0. The summed E-state index contributed by atoms with van der Waals surface area (Å²) in [5, 5.41) is 0. The first kappa shape index (κ1) is 18.2. The van der Waals surface area contributed by atoms with Crippen LogP contribution in [0.25, 0.3) is 8.92 Å². The summed E-state index contributed by atoms with van der Waals surface area (Å²) < 4.78 is 69.4. The Hall–Kier alpha value is -0.820. The second-order valence-corrected chi connectivity index (χ2v) is 8.81. The van der Waals surface area contributed by atoms with Crippen molar-refractivity contribution in [2.24, 2.45) is 7.05 Å². The van der Waals surface area contributed by atoms with Gasteiger partial charge in [-0.3, -0.25) is 0 Å². The van der Waals surface area contributed by atoms with Gasteiger partial charge in [0, 0.05) is 0 Å². The van der Waals surface area contributed by atoms with Crippen LogP contribution in [0.15, 0.2) is 18.2 Å². The van der Waals surface area contributed by atoms with E-state index in [1.807, 2.05) is 0 Å². The van der Waals surface area contributed by atoms with Crippen LogP contribution in [-0.4, -0.2) is 46.0 Å². The topological polar surface area (TPSA) is 70.3 Å². The zero-order chi connectivity index (χ0) is 16.4. The van der Waals surface area contributed by atoms with Crippen molar-refractivity contribution in [2.45, 2.75) is 12.4 Å². The number of aryl methyl sites for hydroxylation is 2. The molecule has 1 aromatic carbocycles. The monoisotopic (exact) mass is 441 g/mol. The van der Waals surface area contributed by atoms with Gasteiger partial charge in [0.15, 0.2) is 10.1 Å². The van der Waals surface area contributed by atoms with E-state index in [4.69, 9.17) is 17.7 Å². The molecule has 5 nitrogen and oxygen atoms in total. The van der Waals surface area contributed by atoms with Crippen molar-refractivity contribution >= 4 is 39.5 Å². The Kier molecular flexibility index (Phi) is 5.66. The number of benzene rings is 1. The third kappa shape index (κ3) is 4.57. The largest absolute Gasteiger partial charge is 0.741 e. The van der Waals surface area contributed by atoms with Crippen LogP contribution in [0.4, 0.5) is 13.2 Å². The van der Waals surface area contributed by atoms with Crippen LogP contribution in [-0.2, 0) is 17.2 Å². The minimum atomic E-state index is -6.09. The Labute approximate surface area is 129 Å². The van der Waals surface area contributed by atoms with E-state index in [1.54, 1.807) is 7.11 Å². The van der Waals surface area contributed by atoms with Crippen molar-refractivity contribution in [3.05, 3.63) is 21.9 Å². The van der Waals surface area contributed by atoms with Crippen molar-refractivity contribution in [3.63, 3.8) is 0 Å². The summed E-state index contributed by atoms with van der Waals surface area (Å²) in [6.45, 7) is 2.22. The van der Waals surface area contributed by atoms with Crippen molar-refractivity contribution < 1.29 is 35.4 Å². The molecule has 0 amide bonds. The molecule has 0 saturated heterocycles. The average molecular weight is 439 g/mol. The van der Waals surface area contributed by atoms with Crippen LogP contribution < -0.4 is 9.30 Å². The first-order valence-corrected chi connectivity index (χ1v) is 9.16. The van der Waals surface area contributed by atoms with E-state index < -0.39 is 15.6 Å². The van der Waals surface area contributed by atoms with E-state index in [9.17, 15) is 13.2 Å². The molecule has 0 radical (unpaired) electrons. The van der Waals surface area contributed by atoms with Gasteiger partial charge in [-0.1, -0.05) is 0 Å². The minimum Gasteiger partial charge on any atom is -0.741 e. The van der Waals surface area contributed by atoms with E-state index in [0.29, 0.717) is 0 Å². The molecule has 0 atom stereocenters. The SMILES string of the molecule is COc1ccc2[te]c(C)[n+](C)c2c1.O=S(=O)([O-])C(F)(F)F. The summed E-state index contributed by atoms with van der Waals surface area (Å²) in [5.74, 6) is 0.952. The standard InChI is InChI=1S/C10H12NOTe.CHF3O3S/c1-7-11(2)9-6-8(12-3)4-5-10(9)13-7;2-1(3,4)8(5,6)7/h4-6H,1-3H3;(H,5,6,7)/q+1;/p-1. The summed E-state index contributed by atoms with van der Waals surface area (Å²) >= 11 is -0.0892. The van der Waals surface area contributed by atoms with Crippen LogP contribution in [0.5, 0.6) is 5.75 Å². The normalized spacial score (nSPS) is 12.0. The number of alkyl halides is 3. The third-order valence-corrected chi connectivity index (χ3v) is 6.35. The smallest absolute Gasteiger partial charge is 0.485 e. The second-order valence-electron chi connectivity index (χ2n) is 3.91. The molecule has 0 fully saturated rings. The number of halogens is 3. The van der Waals surface area contributed by atoms with Gasteiger partial charge < -0.3 is 4.55 Å².